The Bertz CT molecular complexity index is 533. The van der Waals surface area contributed by atoms with Gasteiger partial charge in [-0.25, -0.2) is 0 Å². The van der Waals surface area contributed by atoms with Crippen LogP contribution >= 0.6 is 11.3 Å². The Labute approximate surface area is 127 Å². The van der Waals surface area contributed by atoms with Crippen LogP contribution in [0.3, 0.4) is 0 Å². The van der Waals surface area contributed by atoms with Gasteiger partial charge in [0.05, 0.1) is 4.92 Å². The summed E-state index contributed by atoms with van der Waals surface area (Å²) in [5.41, 5.74) is 0.961. The summed E-state index contributed by atoms with van der Waals surface area (Å²) < 4.78 is 0. The third-order valence-electron chi connectivity index (χ3n) is 4.15. The number of nitrogens with one attached hydrogen (secondary N) is 1. The molecule has 3 rings (SSSR count). The summed E-state index contributed by atoms with van der Waals surface area (Å²) in [6, 6.07) is 2.02. The minimum Gasteiger partial charge on any atom is -0.342 e. The molecule has 1 aliphatic carbocycles. The molecular weight excluding hydrogens is 290 g/mol. The van der Waals surface area contributed by atoms with E-state index in [2.05, 4.69) is 5.32 Å². The highest BCUT2D eigenvalue weighted by Gasteiger charge is 2.34. The van der Waals surface area contributed by atoms with Crippen LogP contribution in [-0.4, -0.2) is 34.9 Å². The van der Waals surface area contributed by atoms with Crippen molar-refractivity contribution >= 4 is 22.2 Å². The molecule has 1 aliphatic heterocycles. The van der Waals surface area contributed by atoms with E-state index in [1.807, 2.05) is 10.3 Å². The van der Waals surface area contributed by atoms with Crippen LogP contribution in [0.25, 0.3) is 0 Å². The van der Waals surface area contributed by atoms with E-state index in [1.54, 1.807) is 6.07 Å². The highest BCUT2D eigenvalue weighted by molar-refractivity contribution is 7.13. The van der Waals surface area contributed by atoms with Gasteiger partial charge in [-0.2, -0.15) is 0 Å². The highest BCUT2D eigenvalue weighted by Crippen LogP contribution is 2.32. The second kappa shape index (κ2) is 6.11. The van der Waals surface area contributed by atoms with Crippen molar-refractivity contribution in [1.82, 2.24) is 10.2 Å². The lowest BCUT2D eigenvalue weighted by molar-refractivity contribution is -0.380. The highest BCUT2D eigenvalue weighted by atomic mass is 32.1. The van der Waals surface area contributed by atoms with Crippen molar-refractivity contribution in [1.29, 1.82) is 0 Å². The maximum atomic E-state index is 12.0. The fraction of sp³-hybridized carbons (Fsp3) is 0.643. The molecule has 1 aromatic heterocycles. The van der Waals surface area contributed by atoms with Gasteiger partial charge in [-0.3, -0.25) is 14.9 Å². The molecule has 114 valence electrons. The van der Waals surface area contributed by atoms with Gasteiger partial charge in [-0.05, 0) is 31.2 Å². The lowest BCUT2D eigenvalue weighted by Gasteiger charge is -2.32. The fourth-order valence-electron chi connectivity index (χ4n) is 2.71. The number of nitrogens with zero attached hydrogens (tertiary/aromatic N) is 2. The predicted octanol–water partition coefficient (Wildman–Crippen LogP) is 2.15. The number of thiophene rings is 1. The predicted molar refractivity (Wildman–Crippen MR) is 80.1 cm³/mol. The maximum absolute atomic E-state index is 12.0. The summed E-state index contributed by atoms with van der Waals surface area (Å²) in [5, 5.41) is 16.1. The summed E-state index contributed by atoms with van der Waals surface area (Å²) in [5.74, 6) is 0.641. The molecule has 0 aromatic carbocycles. The fourth-order valence-corrected chi connectivity index (χ4v) is 3.43. The molecule has 1 saturated heterocycles. The molecule has 0 spiro atoms. The van der Waals surface area contributed by atoms with E-state index >= 15 is 0 Å². The van der Waals surface area contributed by atoms with Crippen molar-refractivity contribution in [2.24, 2.45) is 5.92 Å². The normalized spacial score (nSPS) is 19.7. The van der Waals surface area contributed by atoms with E-state index in [0.29, 0.717) is 24.4 Å². The van der Waals surface area contributed by atoms with Crippen LogP contribution < -0.4 is 5.32 Å². The summed E-state index contributed by atoms with van der Waals surface area (Å²) in [7, 11) is 0. The quantitative estimate of drug-likeness (QED) is 0.668. The van der Waals surface area contributed by atoms with Gasteiger partial charge >= 0.3 is 5.00 Å². The van der Waals surface area contributed by atoms with Crippen LogP contribution in [0.1, 0.15) is 31.2 Å². The largest absolute Gasteiger partial charge is 0.342 e. The third kappa shape index (κ3) is 3.59. The SMILES string of the molecule is O=C(C1CC1)N1CCC(NCc2csc([N+](=O)[O-])c2)CC1. The molecule has 6 nitrogen and oxygen atoms in total. The molecule has 1 aromatic rings. The van der Waals surface area contributed by atoms with Gasteiger partial charge in [-0.15, -0.1) is 0 Å². The van der Waals surface area contributed by atoms with Crippen molar-refractivity contribution in [3.63, 3.8) is 0 Å². The zero-order valence-electron chi connectivity index (χ0n) is 11.8. The van der Waals surface area contributed by atoms with Crippen molar-refractivity contribution in [2.75, 3.05) is 13.1 Å². The van der Waals surface area contributed by atoms with Crippen LogP contribution in [0.5, 0.6) is 0 Å². The minimum atomic E-state index is -0.351. The first kappa shape index (κ1) is 14.5. The average molecular weight is 309 g/mol. The lowest BCUT2D eigenvalue weighted by atomic mass is 10.0. The van der Waals surface area contributed by atoms with Crippen molar-refractivity contribution in [3.05, 3.63) is 27.1 Å². The van der Waals surface area contributed by atoms with Crippen LogP contribution in [0.2, 0.25) is 0 Å². The number of nitro groups is 1. The van der Waals surface area contributed by atoms with E-state index in [1.165, 1.54) is 11.3 Å². The lowest BCUT2D eigenvalue weighted by Crippen LogP contribution is -2.45. The molecule has 7 heteroatoms. The topological polar surface area (TPSA) is 75.5 Å². The summed E-state index contributed by atoms with van der Waals surface area (Å²) in [6.45, 7) is 2.32. The van der Waals surface area contributed by atoms with Gasteiger partial charge in [-0.1, -0.05) is 11.3 Å². The third-order valence-corrected chi connectivity index (χ3v) is 5.08. The van der Waals surface area contributed by atoms with Crippen LogP contribution in [-0.2, 0) is 11.3 Å². The molecule has 1 saturated carbocycles. The maximum Gasteiger partial charge on any atom is 0.324 e. The van der Waals surface area contributed by atoms with Gasteiger partial charge < -0.3 is 10.2 Å². The van der Waals surface area contributed by atoms with E-state index in [-0.39, 0.29) is 9.92 Å². The smallest absolute Gasteiger partial charge is 0.324 e. The number of rotatable bonds is 5. The van der Waals surface area contributed by atoms with Crippen molar-refractivity contribution in [2.45, 2.75) is 38.3 Å². The Morgan fingerprint density at radius 1 is 1.38 bits per heavy atom. The van der Waals surface area contributed by atoms with Crippen LogP contribution in [0, 0.1) is 16.0 Å². The Morgan fingerprint density at radius 3 is 2.67 bits per heavy atom. The Kier molecular flexibility index (Phi) is 4.21. The van der Waals surface area contributed by atoms with Crippen molar-refractivity contribution < 1.29 is 9.72 Å². The second-order valence-electron chi connectivity index (χ2n) is 5.81. The van der Waals surface area contributed by atoms with Gasteiger partial charge in [0, 0.05) is 43.0 Å². The molecule has 0 unspecified atom stereocenters. The van der Waals surface area contributed by atoms with Crippen LogP contribution in [0.15, 0.2) is 11.4 Å². The number of carbonyl (C=O) groups is 1. The first-order chi connectivity index (χ1) is 10.1. The molecule has 2 fully saturated rings. The number of hydrogen-bond acceptors (Lipinski definition) is 5. The standard InChI is InChI=1S/C14H19N3O3S/c18-14(11-1-2-11)16-5-3-12(4-6-16)15-8-10-7-13(17(19)20)21-9-10/h7,9,11-12,15H,1-6,8H2. The number of likely N-dealkylation sites (tertiary alicyclic amines) is 1. The number of carbonyl (C=O) groups excluding carboxylic acids is 1. The molecule has 2 heterocycles. The summed E-state index contributed by atoms with van der Waals surface area (Å²) >= 11 is 1.17. The first-order valence-corrected chi connectivity index (χ1v) is 8.25. The minimum absolute atomic E-state index is 0.191. The molecule has 0 bridgehead atoms. The van der Waals surface area contributed by atoms with Crippen LogP contribution in [0.4, 0.5) is 5.00 Å². The number of piperidine rings is 1. The Balaban J connectivity index is 1.42. The molecule has 1 N–H and O–H groups in total. The first-order valence-electron chi connectivity index (χ1n) is 7.37. The molecule has 1 amide bonds. The Morgan fingerprint density at radius 2 is 2.10 bits per heavy atom. The Hall–Kier alpha value is -1.47. The number of hydrogen-bond donors (Lipinski definition) is 1. The second-order valence-corrected chi connectivity index (χ2v) is 6.69. The molecule has 0 radical (unpaired) electrons. The van der Waals surface area contributed by atoms with E-state index in [4.69, 9.17) is 0 Å². The van der Waals surface area contributed by atoms with Gasteiger partial charge in [0.1, 0.15) is 0 Å². The van der Waals surface area contributed by atoms with E-state index in [9.17, 15) is 14.9 Å². The number of amides is 1. The van der Waals surface area contributed by atoms with E-state index < -0.39 is 0 Å². The summed E-state index contributed by atoms with van der Waals surface area (Å²) in [4.78, 5) is 24.2. The summed E-state index contributed by atoms with van der Waals surface area (Å²) in [6.07, 6.45) is 4.05. The molecule has 21 heavy (non-hydrogen) atoms. The van der Waals surface area contributed by atoms with E-state index in [0.717, 1.165) is 44.3 Å². The molecule has 2 aliphatic rings. The zero-order chi connectivity index (χ0) is 14.8. The molecular formula is C14H19N3O3S. The zero-order valence-corrected chi connectivity index (χ0v) is 12.6. The van der Waals surface area contributed by atoms with Gasteiger partial charge in [0.15, 0.2) is 0 Å². The van der Waals surface area contributed by atoms with Gasteiger partial charge in [0.25, 0.3) is 0 Å². The van der Waals surface area contributed by atoms with Crippen molar-refractivity contribution in [3.8, 4) is 0 Å². The van der Waals surface area contributed by atoms with Gasteiger partial charge in [0.2, 0.25) is 5.91 Å². The molecule has 0 atom stereocenters. The average Bonchev–Trinajstić information content (AvgIpc) is 3.23. The monoisotopic (exact) mass is 309 g/mol.